The number of aromatic nitrogens is 2. The molecule has 2 aromatic heterocycles. The van der Waals surface area contributed by atoms with Gasteiger partial charge in [0, 0.05) is 48.2 Å². The van der Waals surface area contributed by atoms with Gasteiger partial charge in [-0.3, -0.25) is 4.98 Å². The Morgan fingerprint density at radius 3 is 2.72 bits per heavy atom. The molecule has 0 aliphatic carbocycles. The molecular formula is C21H23N3O. The summed E-state index contributed by atoms with van der Waals surface area (Å²) in [5, 5.41) is 4.98. The number of benzene rings is 2. The predicted molar refractivity (Wildman–Crippen MR) is 105 cm³/mol. The van der Waals surface area contributed by atoms with Crippen molar-refractivity contribution in [2.45, 2.75) is 6.92 Å². The molecule has 0 bridgehead atoms. The van der Waals surface area contributed by atoms with Crippen LogP contribution < -0.4 is 4.74 Å². The zero-order valence-electron chi connectivity index (χ0n) is 15.2. The van der Waals surface area contributed by atoms with Crippen LogP contribution in [0, 0.1) is 6.92 Å². The fourth-order valence-corrected chi connectivity index (χ4v) is 3.63. The number of pyridine rings is 1. The third-order valence-corrected chi connectivity index (χ3v) is 4.93. The summed E-state index contributed by atoms with van der Waals surface area (Å²) >= 11 is 0. The number of likely N-dealkylation sites (N-methyl/N-ethyl adjacent to an activating group) is 1. The highest BCUT2D eigenvalue weighted by atomic mass is 16.5. The number of rotatable bonds is 4. The van der Waals surface area contributed by atoms with Crippen molar-refractivity contribution in [2.24, 2.45) is 7.05 Å². The number of ether oxygens (including phenoxy) is 1. The van der Waals surface area contributed by atoms with Gasteiger partial charge in [0.25, 0.3) is 0 Å². The summed E-state index contributed by atoms with van der Waals surface area (Å²) in [5.41, 5.74) is 3.77. The fourth-order valence-electron chi connectivity index (χ4n) is 3.63. The lowest BCUT2D eigenvalue weighted by Gasteiger charge is -2.11. The minimum atomic E-state index is 0.692. The molecular weight excluding hydrogens is 310 g/mol. The van der Waals surface area contributed by atoms with E-state index in [2.05, 4.69) is 72.8 Å². The maximum Gasteiger partial charge on any atom is 0.121 e. The third kappa shape index (κ3) is 2.63. The van der Waals surface area contributed by atoms with E-state index in [1.54, 1.807) is 0 Å². The van der Waals surface area contributed by atoms with Gasteiger partial charge in [0.05, 0.1) is 11.0 Å². The second-order valence-corrected chi connectivity index (χ2v) is 6.88. The standard InChI is InChI=1S/C21H23N3O/c1-14-17-7-8-22-13-15(17)11-19-18-6-5-16(25-10-9-23(2)3)12-20(18)24(4)21(14)19/h5-8,11-13H,9-10H2,1-4H3. The molecule has 2 aromatic carbocycles. The van der Waals surface area contributed by atoms with Crippen molar-refractivity contribution in [1.29, 1.82) is 0 Å². The summed E-state index contributed by atoms with van der Waals surface area (Å²) in [7, 11) is 6.24. The van der Waals surface area contributed by atoms with E-state index < -0.39 is 0 Å². The molecule has 25 heavy (non-hydrogen) atoms. The van der Waals surface area contributed by atoms with Crippen molar-refractivity contribution in [1.82, 2.24) is 14.5 Å². The maximum atomic E-state index is 5.92. The average molecular weight is 333 g/mol. The van der Waals surface area contributed by atoms with Crippen LogP contribution in [-0.4, -0.2) is 41.7 Å². The smallest absolute Gasteiger partial charge is 0.121 e. The van der Waals surface area contributed by atoms with Gasteiger partial charge in [0.2, 0.25) is 0 Å². The van der Waals surface area contributed by atoms with Gasteiger partial charge in [-0.2, -0.15) is 0 Å². The molecule has 0 saturated heterocycles. The van der Waals surface area contributed by atoms with Crippen molar-refractivity contribution in [3.05, 3.63) is 48.3 Å². The lowest BCUT2D eigenvalue weighted by atomic mass is 10.0. The molecule has 0 spiro atoms. The molecule has 0 atom stereocenters. The molecule has 4 rings (SSSR count). The van der Waals surface area contributed by atoms with E-state index in [-0.39, 0.29) is 0 Å². The Morgan fingerprint density at radius 2 is 1.92 bits per heavy atom. The highest BCUT2D eigenvalue weighted by Gasteiger charge is 2.13. The van der Waals surface area contributed by atoms with E-state index >= 15 is 0 Å². The van der Waals surface area contributed by atoms with Gasteiger partial charge in [0.1, 0.15) is 12.4 Å². The molecule has 0 aliphatic rings. The maximum absolute atomic E-state index is 5.92. The van der Waals surface area contributed by atoms with Gasteiger partial charge >= 0.3 is 0 Å². The quantitative estimate of drug-likeness (QED) is 0.562. The van der Waals surface area contributed by atoms with E-state index in [4.69, 9.17) is 4.74 Å². The van der Waals surface area contributed by atoms with Crippen LogP contribution in [-0.2, 0) is 7.05 Å². The van der Waals surface area contributed by atoms with Crippen LogP contribution in [0.2, 0.25) is 0 Å². The Bertz CT molecular complexity index is 1080. The molecule has 0 fully saturated rings. The monoisotopic (exact) mass is 333 g/mol. The van der Waals surface area contributed by atoms with Crippen molar-refractivity contribution < 1.29 is 4.74 Å². The first kappa shape index (κ1) is 15.9. The van der Waals surface area contributed by atoms with Crippen LogP contribution in [0.1, 0.15) is 5.56 Å². The molecule has 0 saturated carbocycles. The largest absolute Gasteiger partial charge is 0.492 e. The SMILES string of the molecule is Cc1c2ccncc2cc2c3ccc(OCCN(C)C)cc3n(C)c12. The molecule has 4 aromatic rings. The minimum absolute atomic E-state index is 0.692. The number of aryl methyl sites for hydroxylation is 2. The predicted octanol–water partition coefficient (Wildman–Crippen LogP) is 4.13. The van der Waals surface area contributed by atoms with Crippen molar-refractivity contribution in [3.63, 3.8) is 0 Å². The topological polar surface area (TPSA) is 30.3 Å². The van der Waals surface area contributed by atoms with Crippen LogP contribution in [0.4, 0.5) is 0 Å². The minimum Gasteiger partial charge on any atom is -0.492 e. The molecule has 0 aliphatic heterocycles. The highest BCUT2D eigenvalue weighted by molar-refractivity contribution is 6.14. The van der Waals surface area contributed by atoms with Gasteiger partial charge < -0.3 is 14.2 Å². The Balaban J connectivity index is 1.89. The molecule has 0 amide bonds. The van der Waals surface area contributed by atoms with Crippen LogP contribution >= 0.6 is 0 Å². The zero-order chi connectivity index (χ0) is 17.6. The van der Waals surface area contributed by atoms with E-state index in [1.165, 1.54) is 38.1 Å². The molecule has 2 heterocycles. The Kier molecular flexibility index (Phi) is 3.85. The van der Waals surface area contributed by atoms with E-state index in [9.17, 15) is 0 Å². The highest BCUT2D eigenvalue weighted by Crippen LogP contribution is 2.35. The summed E-state index contributed by atoms with van der Waals surface area (Å²) in [6.07, 6.45) is 3.81. The van der Waals surface area contributed by atoms with E-state index in [0.29, 0.717) is 6.61 Å². The number of fused-ring (bicyclic) bond motifs is 4. The molecule has 4 heteroatoms. The summed E-state index contributed by atoms with van der Waals surface area (Å²) in [5.74, 6) is 0.920. The van der Waals surface area contributed by atoms with Gasteiger partial charge in [-0.15, -0.1) is 0 Å². The number of hydrogen-bond acceptors (Lipinski definition) is 3. The van der Waals surface area contributed by atoms with Crippen molar-refractivity contribution in [3.8, 4) is 5.75 Å². The van der Waals surface area contributed by atoms with E-state index in [0.717, 1.165) is 12.3 Å². The van der Waals surface area contributed by atoms with Crippen LogP contribution in [0.3, 0.4) is 0 Å². The molecule has 0 N–H and O–H groups in total. The molecule has 128 valence electrons. The summed E-state index contributed by atoms with van der Waals surface area (Å²) in [4.78, 5) is 6.40. The normalized spacial score (nSPS) is 11.9. The lowest BCUT2D eigenvalue weighted by molar-refractivity contribution is 0.261. The molecule has 0 unspecified atom stereocenters. The van der Waals surface area contributed by atoms with Crippen molar-refractivity contribution >= 4 is 32.6 Å². The number of hydrogen-bond donors (Lipinski definition) is 0. The van der Waals surface area contributed by atoms with Crippen LogP contribution in [0.25, 0.3) is 32.6 Å². The Labute approximate surface area is 147 Å². The van der Waals surface area contributed by atoms with Crippen LogP contribution in [0.15, 0.2) is 42.7 Å². The van der Waals surface area contributed by atoms with Crippen molar-refractivity contribution in [2.75, 3.05) is 27.2 Å². The Morgan fingerprint density at radius 1 is 1.08 bits per heavy atom. The first-order chi connectivity index (χ1) is 12.1. The number of nitrogens with zero attached hydrogens (tertiary/aromatic N) is 3. The molecule has 0 radical (unpaired) electrons. The van der Waals surface area contributed by atoms with Gasteiger partial charge in [-0.05, 0) is 56.2 Å². The second-order valence-electron chi connectivity index (χ2n) is 6.88. The van der Waals surface area contributed by atoms with Gasteiger partial charge in [0.15, 0.2) is 0 Å². The summed E-state index contributed by atoms with van der Waals surface area (Å²) in [6, 6.07) is 10.7. The molecule has 4 nitrogen and oxygen atoms in total. The fraction of sp³-hybridized carbons (Fsp3) is 0.286. The lowest BCUT2D eigenvalue weighted by Crippen LogP contribution is -2.19. The first-order valence-corrected chi connectivity index (χ1v) is 8.59. The van der Waals surface area contributed by atoms with Gasteiger partial charge in [-0.1, -0.05) is 0 Å². The third-order valence-electron chi connectivity index (χ3n) is 4.93. The van der Waals surface area contributed by atoms with Gasteiger partial charge in [-0.25, -0.2) is 0 Å². The second kappa shape index (κ2) is 6.05. The average Bonchev–Trinajstić information content (AvgIpc) is 2.87. The van der Waals surface area contributed by atoms with Crippen LogP contribution in [0.5, 0.6) is 5.75 Å². The van der Waals surface area contributed by atoms with E-state index in [1.807, 2.05) is 12.4 Å². The first-order valence-electron chi connectivity index (χ1n) is 8.59. The zero-order valence-corrected chi connectivity index (χ0v) is 15.2. The summed E-state index contributed by atoms with van der Waals surface area (Å²) < 4.78 is 8.20. The summed E-state index contributed by atoms with van der Waals surface area (Å²) in [6.45, 7) is 3.79. The Hall–Kier alpha value is -2.59.